The highest BCUT2D eigenvalue weighted by atomic mass is 35.5. The molecule has 0 saturated carbocycles. The van der Waals surface area contributed by atoms with Gasteiger partial charge >= 0.3 is 0 Å². The van der Waals surface area contributed by atoms with Crippen molar-refractivity contribution in [2.45, 2.75) is 26.2 Å². The van der Waals surface area contributed by atoms with Crippen LogP contribution in [0.25, 0.3) is 0 Å². The Hall–Kier alpha value is -1.71. The highest BCUT2D eigenvalue weighted by Gasteiger charge is 2.12. The summed E-state index contributed by atoms with van der Waals surface area (Å²) in [5.74, 6) is 1.32. The van der Waals surface area contributed by atoms with Crippen molar-refractivity contribution in [3.63, 3.8) is 0 Å². The molecule has 0 amide bonds. The van der Waals surface area contributed by atoms with E-state index in [1.54, 1.807) is 0 Å². The minimum atomic E-state index is 0.572. The van der Waals surface area contributed by atoms with Gasteiger partial charge in [0.1, 0.15) is 0 Å². The highest BCUT2D eigenvalue weighted by molar-refractivity contribution is 6.32. The molecule has 23 heavy (non-hydrogen) atoms. The van der Waals surface area contributed by atoms with Crippen molar-refractivity contribution >= 4 is 11.6 Å². The van der Waals surface area contributed by atoms with E-state index < -0.39 is 0 Å². The smallest absolute Gasteiger partial charge is 0.179 e. The number of aryl methyl sites for hydroxylation is 1. The molecule has 124 valence electrons. The molecule has 0 saturated heterocycles. The molecule has 0 unspecified atom stereocenters. The van der Waals surface area contributed by atoms with Crippen LogP contribution in [-0.2, 0) is 12.8 Å². The largest absolute Gasteiger partial charge is 0.490 e. The van der Waals surface area contributed by atoms with Gasteiger partial charge in [0.2, 0.25) is 0 Å². The van der Waals surface area contributed by atoms with Crippen molar-refractivity contribution in [1.29, 1.82) is 0 Å². The Labute approximate surface area is 143 Å². The maximum absolute atomic E-state index is 6.36. The molecule has 0 atom stereocenters. The first kappa shape index (κ1) is 17.6. The quantitative estimate of drug-likeness (QED) is 0.698. The van der Waals surface area contributed by atoms with Crippen molar-refractivity contribution in [2.24, 2.45) is 5.73 Å². The van der Waals surface area contributed by atoms with Crippen LogP contribution in [-0.4, -0.2) is 19.8 Å². The molecule has 0 radical (unpaired) electrons. The van der Waals surface area contributed by atoms with Gasteiger partial charge in [-0.1, -0.05) is 41.9 Å². The summed E-state index contributed by atoms with van der Waals surface area (Å²) < 4.78 is 11.6. The van der Waals surface area contributed by atoms with E-state index in [9.17, 15) is 0 Å². The number of ether oxygens (including phenoxy) is 2. The van der Waals surface area contributed by atoms with Crippen LogP contribution in [0.2, 0.25) is 5.02 Å². The van der Waals surface area contributed by atoms with Crippen LogP contribution >= 0.6 is 11.6 Å². The maximum Gasteiger partial charge on any atom is 0.179 e. The minimum absolute atomic E-state index is 0.572. The normalized spacial score (nSPS) is 10.6. The summed E-state index contributed by atoms with van der Waals surface area (Å²) in [5.41, 5.74) is 7.99. The van der Waals surface area contributed by atoms with Crippen LogP contribution in [0.4, 0.5) is 0 Å². The highest BCUT2D eigenvalue weighted by Crippen LogP contribution is 2.37. The van der Waals surface area contributed by atoms with E-state index in [2.05, 4.69) is 24.3 Å². The molecule has 0 heterocycles. The lowest BCUT2D eigenvalue weighted by Crippen LogP contribution is -2.06. The van der Waals surface area contributed by atoms with Crippen molar-refractivity contribution in [2.75, 3.05) is 19.8 Å². The summed E-state index contributed by atoms with van der Waals surface area (Å²) >= 11 is 6.36. The predicted molar refractivity (Wildman–Crippen MR) is 95.6 cm³/mol. The first-order chi connectivity index (χ1) is 11.2. The van der Waals surface area contributed by atoms with Gasteiger partial charge in [-0.05, 0) is 56.0 Å². The van der Waals surface area contributed by atoms with Crippen LogP contribution in [0.15, 0.2) is 42.5 Å². The van der Waals surface area contributed by atoms with E-state index in [0.29, 0.717) is 36.3 Å². The van der Waals surface area contributed by atoms with Crippen LogP contribution < -0.4 is 15.2 Å². The lowest BCUT2D eigenvalue weighted by molar-refractivity contribution is 0.273. The van der Waals surface area contributed by atoms with Crippen molar-refractivity contribution in [1.82, 2.24) is 0 Å². The second kappa shape index (κ2) is 9.43. The van der Waals surface area contributed by atoms with Gasteiger partial charge in [-0.2, -0.15) is 0 Å². The number of hydrogen-bond acceptors (Lipinski definition) is 3. The lowest BCUT2D eigenvalue weighted by Gasteiger charge is -2.15. The van der Waals surface area contributed by atoms with E-state index >= 15 is 0 Å². The van der Waals surface area contributed by atoms with E-state index in [4.69, 9.17) is 26.8 Å². The Morgan fingerprint density at radius 1 is 1.00 bits per heavy atom. The molecular formula is C19H24ClNO2. The van der Waals surface area contributed by atoms with Crippen molar-refractivity contribution in [3.05, 3.63) is 58.6 Å². The molecule has 0 aliphatic carbocycles. The minimum Gasteiger partial charge on any atom is -0.490 e. The Morgan fingerprint density at radius 3 is 2.48 bits per heavy atom. The summed E-state index contributed by atoms with van der Waals surface area (Å²) in [5, 5.41) is 0.583. The molecule has 2 aromatic rings. The van der Waals surface area contributed by atoms with Crippen LogP contribution in [0.5, 0.6) is 11.5 Å². The molecule has 4 heteroatoms. The molecule has 2 aromatic carbocycles. The predicted octanol–water partition coefficient (Wildman–Crippen LogP) is 4.25. The molecule has 0 fully saturated rings. The first-order valence-electron chi connectivity index (χ1n) is 8.06. The SMILES string of the molecule is CCOc1cc(CCN)cc(Cl)c1OCCCc1ccccc1. The number of nitrogens with two attached hydrogens (primary N) is 1. The molecule has 0 aromatic heterocycles. The van der Waals surface area contributed by atoms with E-state index in [0.717, 1.165) is 24.8 Å². The monoisotopic (exact) mass is 333 g/mol. The molecule has 0 aliphatic rings. The Kier molecular flexibility index (Phi) is 7.24. The van der Waals surface area contributed by atoms with Crippen molar-refractivity contribution in [3.8, 4) is 11.5 Å². The molecule has 2 N–H and O–H groups in total. The second-order valence-corrected chi connectivity index (χ2v) is 5.72. The average Bonchev–Trinajstić information content (AvgIpc) is 2.55. The maximum atomic E-state index is 6.36. The third kappa shape index (κ3) is 5.45. The molecule has 0 spiro atoms. The molecule has 3 nitrogen and oxygen atoms in total. The Morgan fingerprint density at radius 2 is 1.78 bits per heavy atom. The first-order valence-corrected chi connectivity index (χ1v) is 8.44. The number of rotatable bonds is 9. The topological polar surface area (TPSA) is 44.5 Å². The molecular weight excluding hydrogens is 310 g/mol. The van der Waals surface area contributed by atoms with Crippen LogP contribution in [0, 0.1) is 0 Å². The molecule has 0 bridgehead atoms. The summed E-state index contributed by atoms with van der Waals surface area (Å²) in [6.07, 6.45) is 2.68. The van der Waals surface area contributed by atoms with Crippen LogP contribution in [0.1, 0.15) is 24.5 Å². The molecule has 2 rings (SSSR count). The van der Waals surface area contributed by atoms with Gasteiger partial charge in [-0.15, -0.1) is 0 Å². The van der Waals surface area contributed by atoms with E-state index in [-0.39, 0.29) is 0 Å². The number of benzene rings is 2. The molecule has 0 aliphatic heterocycles. The van der Waals surface area contributed by atoms with E-state index in [1.165, 1.54) is 5.56 Å². The zero-order valence-corrected chi connectivity index (χ0v) is 14.3. The number of hydrogen-bond donors (Lipinski definition) is 1. The van der Waals surface area contributed by atoms with Crippen molar-refractivity contribution < 1.29 is 9.47 Å². The summed E-state index contributed by atoms with van der Waals surface area (Å²) in [4.78, 5) is 0. The van der Waals surface area contributed by atoms with Gasteiger partial charge in [0.15, 0.2) is 11.5 Å². The van der Waals surface area contributed by atoms with Gasteiger partial charge in [0, 0.05) is 0 Å². The second-order valence-electron chi connectivity index (χ2n) is 5.31. The summed E-state index contributed by atoms with van der Waals surface area (Å²) in [6.45, 7) is 3.70. The fourth-order valence-corrected chi connectivity index (χ4v) is 2.72. The van der Waals surface area contributed by atoms with E-state index in [1.807, 2.05) is 25.1 Å². The third-order valence-electron chi connectivity index (χ3n) is 3.50. The Balaban J connectivity index is 1.97. The lowest BCUT2D eigenvalue weighted by atomic mass is 10.1. The third-order valence-corrected chi connectivity index (χ3v) is 3.78. The zero-order chi connectivity index (χ0) is 16.5. The Bertz CT molecular complexity index is 602. The number of halogens is 1. The fraction of sp³-hybridized carbons (Fsp3) is 0.368. The van der Waals surface area contributed by atoms with Gasteiger partial charge in [-0.25, -0.2) is 0 Å². The van der Waals surface area contributed by atoms with Gasteiger partial charge in [-0.3, -0.25) is 0 Å². The standard InChI is InChI=1S/C19H24ClNO2/c1-2-22-18-14-16(10-11-21)13-17(20)19(18)23-12-6-9-15-7-4-3-5-8-15/h3-5,7-8,13-14H,2,6,9-12,21H2,1H3. The van der Waals surface area contributed by atoms with Crippen LogP contribution in [0.3, 0.4) is 0 Å². The zero-order valence-electron chi connectivity index (χ0n) is 13.6. The summed E-state index contributed by atoms with van der Waals surface area (Å²) in [6, 6.07) is 14.3. The fourth-order valence-electron chi connectivity index (χ4n) is 2.43. The van der Waals surface area contributed by atoms with Gasteiger partial charge < -0.3 is 15.2 Å². The van der Waals surface area contributed by atoms with Gasteiger partial charge in [0.25, 0.3) is 0 Å². The average molecular weight is 334 g/mol. The van der Waals surface area contributed by atoms with Gasteiger partial charge in [0.05, 0.1) is 18.2 Å². The summed E-state index contributed by atoms with van der Waals surface area (Å²) in [7, 11) is 0.